The lowest BCUT2D eigenvalue weighted by atomic mass is 10.1. The van der Waals surface area contributed by atoms with Gasteiger partial charge in [0.15, 0.2) is 5.78 Å². The Morgan fingerprint density at radius 3 is 2.82 bits per heavy atom. The molecule has 0 spiro atoms. The summed E-state index contributed by atoms with van der Waals surface area (Å²) in [6.45, 7) is 4.83. The minimum Gasteiger partial charge on any atom is -0.376 e. The summed E-state index contributed by atoms with van der Waals surface area (Å²) in [6.07, 6.45) is 0.210. The molecule has 92 valence electrons. The second-order valence-electron chi connectivity index (χ2n) is 4.35. The molecule has 0 bridgehead atoms. The predicted molar refractivity (Wildman–Crippen MR) is 67.6 cm³/mol. The fourth-order valence-electron chi connectivity index (χ4n) is 1.96. The molecule has 3 nitrogen and oxygen atoms in total. The summed E-state index contributed by atoms with van der Waals surface area (Å²) < 4.78 is 5.44. The number of Topliss-reactive ketones (excluding diaryl/α,β-unsaturated/α-hetero) is 1. The smallest absolute Gasteiger partial charge is 0.176 e. The molecule has 0 aliphatic carbocycles. The van der Waals surface area contributed by atoms with Crippen molar-refractivity contribution in [1.82, 2.24) is 4.90 Å². The normalized spacial score (nSPS) is 21.4. The Labute approximate surface area is 106 Å². The second-order valence-corrected chi connectivity index (χ2v) is 4.78. The number of benzene rings is 1. The molecule has 1 aliphatic rings. The third-order valence-electron chi connectivity index (χ3n) is 2.86. The highest BCUT2D eigenvalue weighted by Crippen LogP contribution is 2.11. The molecule has 1 aromatic rings. The Hall–Kier alpha value is -0.900. The Morgan fingerprint density at radius 1 is 1.47 bits per heavy atom. The third kappa shape index (κ3) is 3.53. The number of ether oxygens (including phenoxy) is 1. The van der Waals surface area contributed by atoms with Gasteiger partial charge in [0.25, 0.3) is 0 Å². The van der Waals surface area contributed by atoms with Crippen LogP contribution in [-0.2, 0) is 4.74 Å². The van der Waals surface area contributed by atoms with Crippen molar-refractivity contribution in [2.45, 2.75) is 13.0 Å². The highest BCUT2D eigenvalue weighted by molar-refractivity contribution is 6.30. The van der Waals surface area contributed by atoms with Gasteiger partial charge in [-0.05, 0) is 31.2 Å². The maximum absolute atomic E-state index is 12.0. The molecule has 0 unspecified atom stereocenters. The van der Waals surface area contributed by atoms with Gasteiger partial charge in [-0.15, -0.1) is 0 Å². The number of rotatable bonds is 3. The van der Waals surface area contributed by atoms with Crippen LogP contribution in [0.3, 0.4) is 0 Å². The van der Waals surface area contributed by atoms with Crippen molar-refractivity contribution < 1.29 is 9.53 Å². The van der Waals surface area contributed by atoms with Crippen LogP contribution in [0.15, 0.2) is 24.3 Å². The van der Waals surface area contributed by atoms with Crippen molar-refractivity contribution in [2.24, 2.45) is 0 Å². The third-order valence-corrected chi connectivity index (χ3v) is 3.11. The molecule has 0 saturated carbocycles. The number of carbonyl (C=O) groups is 1. The molecule has 1 heterocycles. The summed E-state index contributed by atoms with van der Waals surface area (Å²) in [5, 5.41) is 0.654. The van der Waals surface area contributed by atoms with E-state index >= 15 is 0 Å². The van der Waals surface area contributed by atoms with Gasteiger partial charge in [-0.25, -0.2) is 0 Å². The van der Waals surface area contributed by atoms with Crippen molar-refractivity contribution >= 4 is 17.4 Å². The molecule has 0 amide bonds. The fourth-order valence-corrected chi connectivity index (χ4v) is 2.09. The summed E-state index contributed by atoms with van der Waals surface area (Å²) in [5.41, 5.74) is 0.716. The highest BCUT2D eigenvalue weighted by atomic mass is 35.5. The maximum atomic E-state index is 12.0. The van der Waals surface area contributed by atoms with Crippen LogP contribution in [0.4, 0.5) is 0 Å². The Morgan fingerprint density at radius 2 is 2.18 bits per heavy atom. The molecule has 17 heavy (non-hydrogen) atoms. The van der Waals surface area contributed by atoms with E-state index in [0.29, 0.717) is 23.7 Å². The number of hydrogen-bond donors (Lipinski definition) is 0. The van der Waals surface area contributed by atoms with Crippen LogP contribution in [0.1, 0.15) is 17.3 Å². The zero-order valence-corrected chi connectivity index (χ0v) is 10.6. The average molecular weight is 254 g/mol. The zero-order chi connectivity index (χ0) is 12.3. The van der Waals surface area contributed by atoms with Crippen LogP contribution in [-0.4, -0.2) is 43.0 Å². The van der Waals surface area contributed by atoms with Crippen LogP contribution < -0.4 is 0 Å². The second kappa shape index (κ2) is 5.63. The number of ketones is 1. The summed E-state index contributed by atoms with van der Waals surface area (Å²) in [4.78, 5) is 14.1. The Bertz CT molecular complexity index is 391. The molecule has 1 atom stereocenters. The van der Waals surface area contributed by atoms with Gasteiger partial charge in [0.1, 0.15) is 0 Å². The van der Waals surface area contributed by atoms with Crippen molar-refractivity contribution in [3.8, 4) is 0 Å². The van der Waals surface area contributed by atoms with E-state index in [2.05, 4.69) is 4.90 Å². The quantitative estimate of drug-likeness (QED) is 0.774. The molecule has 1 fully saturated rings. The first-order valence-corrected chi connectivity index (χ1v) is 6.15. The molecular weight excluding hydrogens is 238 g/mol. The van der Waals surface area contributed by atoms with Gasteiger partial charge in [-0.3, -0.25) is 9.69 Å². The molecule has 0 radical (unpaired) electrons. The lowest BCUT2D eigenvalue weighted by molar-refractivity contribution is -0.0158. The molecule has 1 aliphatic heterocycles. The van der Waals surface area contributed by atoms with E-state index in [0.717, 1.165) is 13.1 Å². The zero-order valence-electron chi connectivity index (χ0n) is 9.86. The number of nitrogens with zero attached hydrogens (tertiary/aromatic N) is 1. The number of hydrogen-bond acceptors (Lipinski definition) is 3. The van der Waals surface area contributed by atoms with Crippen LogP contribution in [0.5, 0.6) is 0 Å². The molecule has 4 heteroatoms. The number of halogens is 1. The highest BCUT2D eigenvalue weighted by Gasteiger charge is 2.19. The van der Waals surface area contributed by atoms with Gasteiger partial charge in [-0.2, -0.15) is 0 Å². The molecule has 2 rings (SSSR count). The molecule has 1 aromatic carbocycles. The van der Waals surface area contributed by atoms with Crippen LogP contribution >= 0.6 is 11.6 Å². The van der Waals surface area contributed by atoms with Crippen LogP contribution in [0.25, 0.3) is 0 Å². The van der Waals surface area contributed by atoms with E-state index in [1.54, 1.807) is 24.3 Å². The standard InChI is InChI=1S/C13H16ClNO2/c1-10-8-15(6-7-17-10)9-13(16)11-2-4-12(14)5-3-11/h2-5,10H,6-9H2,1H3/t10-/m1/s1. The molecule has 1 saturated heterocycles. The minimum atomic E-state index is 0.135. The van der Waals surface area contributed by atoms with Gasteiger partial charge < -0.3 is 4.74 Å². The van der Waals surface area contributed by atoms with Gasteiger partial charge in [0.05, 0.1) is 19.3 Å². The van der Waals surface area contributed by atoms with Gasteiger partial charge in [0, 0.05) is 23.7 Å². The summed E-state index contributed by atoms with van der Waals surface area (Å²) >= 11 is 5.79. The maximum Gasteiger partial charge on any atom is 0.176 e. The first kappa shape index (κ1) is 12.6. The molecular formula is C13H16ClNO2. The molecule has 0 N–H and O–H groups in total. The largest absolute Gasteiger partial charge is 0.376 e. The van der Waals surface area contributed by atoms with Crippen LogP contribution in [0.2, 0.25) is 5.02 Å². The summed E-state index contributed by atoms with van der Waals surface area (Å²) in [7, 11) is 0. The summed E-state index contributed by atoms with van der Waals surface area (Å²) in [6, 6.07) is 7.04. The first-order valence-electron chi connectivity index (χ1n) is 5.78. The molecule has 0 aromatic heterocycles. The summed E-state index contributed by atoms with van der Waals surface area (Å²) in [5.74, 6) is 0.135. The monoisotopic (exact) mass is 253 g/mol. The van der Waals surface area contributed by atoms with E-state index in [9.17, 15) is 4.79 Å². The predicted octanol–water partition coefficient (Wildman–Crippen LogP) is 2.24. The van der Waals surface area contributed by atoms with E-state index in [-0.39, 0.29) is 11.9 Å². The SMILES string of the molecule is C[C@@H]1CN(CC(=O)c2ccc(Cl)cc2)CCO1. The van der Waals surface area contributed by atoms with Crippen molar-refractivity contribution in [3.05, 3.63) is 34.9 Å². The van der Waals surface area contributed by atoms with Crippen molar-refractivity contribution in [1.29, 1.82) is 0 Å². The minimum absolute atomic E-state index is 0.135. The van der Waals surface area contributed by atoms with Crippen molar-refractivity contribution in [3.63, 3.8) is 0 Å². The lowest BCUT2D eigenvalue weighted by Crippen LogP contribution is -2.43. The number of morpholine rings is 1. The number of carbonyl (C=O) groups excluding carboxylic acids is 1. The lowest BCUT2D eigenvalue weighted by Gasteiger charge is -2.30. The van der Waals surface area contributed by atoms with Gasteiger partial charge in [0.2, 0.25) is 0 Å². The Kier molecular flexibility index (Phi) is 4.15. The fraction of sp³-hybridized carbons (Fsp3) is 0.462. The van der Waals surface area contributed by atoms with Crippen LogP contribution in [0, 0.1) is 0 Å². The topological polar surface area (TPSA) is 29.5 Å². The first-order chi connectivity index (χ1) is 8.15. The van der Waals surface area contributed by atoms with Gasteiger partial charge in [-0.1, -0.05) is 11.6 Å². The average Bonchev–Trinajstić information content (AvgIpc) is 2.29. The van der Waals surface area contributed by atoms with E-state index in [1.807, 2.05) is 6.92 Å². The van der Waals surface area contributed by atoms with E-state index < -0.39 is 0 Å². The Balaban J connectivity index is 1.94. The van der Waals surface area contributed by atoms with Crippen molar-refractivity contribution in [2.75, 3.05) is 26.2 Å². The van der Waals surface area contributed by atoms with Gasteiger partial charge >= 0.3 is 0 Å². The van der Waals surface area contributed by atoms with E-state index in [4.69, 9.17) is 16.3 Å². The van der Waals surface area contributed by atoms with E-state index in [1.165, 1.54) is 0 Å².